The number of hydrogen-bond donors (Lipinski definition) is 0. The van der Waals surface area contributed by atoms with E-state index in [1.54, 1.807) is 12.4 Å². The molecule has 0 N–H and O–H groups in total. The van der Waals surface area contributed by atoms with Gasteiger partial charge in [0.15, 0.2) is 0 Å². The third-order valence-electron chi connectivity index (χ3n) is 10.7. The smallest absolute Gasteiger partial charge is 0.137 e. The molecule has 0 saturated carbocycles. The minimum Gasteiger partial charge on any atom is -0.293 e. The monoisotopic (exact) mass is 729 g/mol. The zero-order valence-corrected chi connectivity index (χ0v) is 30.5. The lowest BCUT2D eigenvalue weighted by atomic mass is 9.95. The summed E-state index contributed by atoms with van der Waals surface area (Å²) in [6.07, 6.45) is 9.40. The Labute approximate surface area is 327 Å². The maximum absolute atomic E-state index is 5.11. The standard InChI is InChI=1S/C50H31N7/c1-4-12-42-32(9-1)15-20-43(56-42)36-19-24-49(55-31-36)57-48-23-18-33(34-16-21-46(53-29-34)44-13-5-7-25-51-44)27-40(48)41-28-39(37-10-2-3-11-38(37)50(41)57)35-17-22-47(54-30-35)45-14-6-8-26-52-45/h1-31H. The van der Waals surface area contributed by atoms with Gasteiger partial charge in [-0.3, -0.25) is 24.5 Å². The Hall–Kier alpha value is -7.90. The largest absolute Gasteiger partial charge is 0.293 e. The van der Waals surface area contributed by atoms with Gasteiger partial charge in [-0.2, -0.15) is 0 Å². The van der Waals surface area contributed by atoms with Crippen LogP contribution in [0.25, 0.3) is 106 Å². The van der Waals surface area contributed by atoms with E-state index in [0.29, 0.717) is 0 Å². The first-order chi connectivity index (χ1) is 28.2. The van der Waals surface area contributed by atoms with E-state index in [1.165, 1.54) is 0 Å². The number of benzene rings is 4. The third-order valence-corrected chi connectivity index (χ3v) is 10.7. The summed E-state index contributed by atoms with van der Waals surface area (Å²) in [5, 5.41) is 5.60. The van der Waals surface area contributed by atoms with Gasteiger partial charge in [0.25, 0.3) is 0 Å². The van der Waals surface area contributed by atoms with E-state index < -0.39 is 0 Å². The van der Waals surface area contributed by atoms with Gasteiger partial charge in [0, 0.05) is 69.2 Å². The third kappa shape index (κ3) is 5.68. The Morgan fingerprint density at radius 2 is 1.00 bits per heavy atom. The number of hydrogen-bond acceptors (Lipinski definition) is 6. The molecule has 0 amide bonds. The molecule has 7 heterocycles. The van der Waals surface area contributed by atoms with Crippen molar-refractivity contribution in [3.63, 3.8) is 0 Å². The highest BCUT2D eigenvalue weighted by molar-refractivity contribution is 6.22. The first kappa shape index (κ1) is 32.5. The number of nitrogens with zero attached hydrogens (tertiary/aromatic N) is 7. The van der Waals surface area contributed by atoms with Crippen molar-refractivity contribution in [3.05, 3.63) is 189 Å². The fourth-order valence-electron chi connectivity index (χ4n) is 7.88. The van der Waals surface area contributed by atoms with Gasteiger partial charge in [0.2, 0.25) is 0 Å². The molecule has 11 aromatic rings. The van der Waals surface area contributed by atoms with Crippen molar-refractivity contribution in [2.45, 2.75) is 0 Å². The fraction of sp³-hybridized carbons (Fsp3) is 0. The maximum Gasteiger partial charge on any atom is 0.137 e. The van der Waals surface area contributed by atoms with Crippen molar-refractivity contribution in [2.24, 2.45) is 0 Å². The normalized spacial score (nSPS) is 11.5. The molecular weight excluding hydrogens is 699 g/mol. The Bertz CT molecular complexity index is 3250. The van der Waals surface area contributed by atoms with Crippen LogP contribution < -0.4 is 0 Å². The molecule has 0 bridgehead atoms. The highest BCUT2D eigenvalue weighted by Gasteiger charge is 2.20. The van der Waals surface area contributed by atoms with Crippen LogP contribution in [0.5, 0.6) is 0 Å². The van der Waals surface area contributed by atoms with E-state index in [4.69, 9.17) is 19.9 Å². The first-order valence-corrected chi connectivity index (χ1v) is 18.8. The van der Waals surface area contributed by atoms with Crippen LogP contribution in [0.15, 0.2) is 189 Å². The molecule has 0 aliphatic heterocycles. The minimum atomic E-state index is 0.827. The quantitative estimate of drug-likeness (QED) is 0.169. The molecule has 7 heteroatoms. The zero-order chi connectivity index (χ0) is 37.7. The summed E-state index contributed by atoms with van der Waals surface area (Å²) in [7, 11) is 0. The first-order valence-electron chi connectivity index (χ1n) is 18.8. The van der Waals surface area contributed by atoms with Crippen LogP contribution in [0.1, 0.15) is 0 Å². The second-order valence-electron chi connectivity index (χ2n) is 14.0. The average molecular weight is 730 g/mol. The van der Waals surface area contributed by atoms with Crippen LogP contribution in [0.2, 0.25) is 0 Å². The fourth-order valence-corrected chi connectivity index (χ4v) is 7.88. The maximum atomic E-state index is 5.11. The molecule has 4 aromatic carbocycles. The van der Waals surface area contributed by atoms with E-state index in [9.17, 15) is 0 Å². The lowest BCUT2D eigenvalue weighted by Gasteiger charge is -2.13. The van der Waals surface area contributed by atoms with Crippen LogP contribution in [0, 0.1) is 0 Å². The van der Waals surface area contributed by atoms with Gasteiger partial charge in [-0.15, -0.1) is 0 Å². The van der Waals surface area contributed by atoms with Crippen molar-refractivity contribution in [2.75, 3.05) is 0 Å². The second kappa shape index (κ2) is 13.4. The summed E-state index contributed by atoms with van der Waals surface area (Å²) in [6.45, 7) is 0. The van der Waals surface area contributed by atoms with Crippen LogP contribution in [0.4, 0.5) is 0 Å². The predicted octanol–water partition coefficient (Wildman–Crippen LogP) is 11.8. The number of para-hydroxylation sites is 1. The number of aromatic nitrogens is 7. The molecule has 7 aromatic heterocycles. The summed E-state index contributed by atoms with van der Waals surface area (Å²) in [5.41, 5.74) is 12.6. The Kier molecular flexibility index (Phi) is 7.67. The van der Waals surface area contributed by atoms with Crippen molar-refractivity contribution in [3.8, 4) is 62.1 Å². The molecule has 0 unspecified atom stereocenters. The lowest BCUT2D eigenvalue weighted by Crippen LogP contribution is -1.98. The van der Waals surface area contributed by atoms with Crippen molar-refractivity contribution < 1.29 is 0 Å². The van der Waals surface area contributed by atoms with Gasteiger partial charge in [0.1, 0.15) is 5.82 Å². The summed E-state index contributed by atoms with van der Waals surface area (Å²) >= 11 is 0. The van der Waals surface area contributed by atoms with Gasteiger partial charge in [0.05, 0.1) is 45.0 Å². The van der Waals surface area contributed by atoms with Gasteiger partial charge < -0.3 is 0 Å². The molecule has 0 saturated heterocycles. The number of pyridine rings is 6. The number of fused-ring (bicyclic) bond motifs is 6. The molecule has 11 rings (SSSR count). The predicted molar refractivity (Wildman–Crippen MR) is 230 cm³/mol. The molecule has 57 heavy (non-hydrogen) atoms. The van der Waals surface area contributed by atoms with E-state index >= 15 is 0 Å². The topological polar surface area (TPSA) is 82.3 Å². The van der Waals surface area contributed by atoms with E-state index in [1.807, 2.05) is 79.3 Å². The Morgan fingerprint density at radius 3 is 1.70 bits per heavy atom. The van der Waals surface area contributed by atoms with Gasteiger partial charge in [-0.05, 0) is 95.4 Å². The molecule has 0 aliphatic rings. The van der Waals surface area contributed by atoms with Crippen LogP contribution in [-0.4, -0.2) is 34.5 Å². The highest BCUT2D eigenvalue weighted by atomic mass is 15.1. The molecular formula is C50H31N7. The van der Waals surface area contributed by atoms with Crippen molar-refractivity contribution in [1.82, 2.24) is 34.5 Å². The van der Waals surface area contributed by atoms with Crippen molar-refractivity contribution >= 4 is 43.5 Å². The SMILES string of the molecule is c1ccc(-c2ccc(-c3ccc4c(c3)c3cc(-c5ccc(-c6ccccn6)nc5)c5ccccc5c3n4-c3ccc(-c4ccc5ccccc5n4)cn3)cn2)nc1. The van der Waals surface area contributed by atoms with Crippen LogP contribution >= 0.6 is 0 Å². The summed E-state index contributed by atoms with van der Waals surface area (Å²) in [4.78, 5) is 28.7. The zero-order valence-electron chi connectivity index (χ0n) is 30.5. The molecule has 0 spiro atoms. The van der Waals surface area contributed by atoms with E-state index in [-0.39, 0.29) is 0 Å². The molecule has 0 radical (unpaired) electrons. The Balaban J connectivity index is 1.10. The summed E-state index contributed by atoms with van der Waals surface area (Å²) in [6, 6.07) is 54.3. The average Bonchev–Trinajstić information content (AvgIpc) is 3.63. The summed E-state index contributed by atoms with van der Waals surface area (Å²) in [5.74, 6) is 0.827. The Morgan fingerprint density at radius 1 is 0.368 bits per heavy atom. The molecule has 7 nitrogen and oxygen atoms in total. The van der Waals surface area contributed by atoms with Crippen LogP contribution in [0.3, 0.4) is 0 Å². The molecule has 0 aliphatic carbocycles. The highest BCUT2D eigenvalue weighted by Crippen LogP contribution is 2.42. The van der Waals surface area contributed by atoms with E-state index in [2.05, 4.69) is 112 Å². The minimum absolute atomic E-state index is 0.827. The second-order valence-corrected chi connectivity index (χ2v) is 14.0. The van der Waals surface area contributed by atoms with E-state index in [0.717, 1.165) is 106 Å². The molecule has 266 valence electrons. The van der Waals surface area contributed by atoms with Gasteiger partial charge in [-0.25, -0.2) is 9.97 Å². The summed E-state index contributed by atoms with van der Waals surface area (Å²) < 4.78 is 2.29. The van der Waals surface area contributed by atoms with Gasteiger partial charge in [-0.1, -0.05) is 78.9 Å². The van der Waals surface area contributed by atoms with Crippen molar-refractivity contribution in [1.29, 1.82) is 0 Å². The number of rotatable bonds is 6. The van der Waals surface area contributed by atoms with Gasteiger partial charge >= 0.3 is 0 Å². The lowest BCUT2D eigenvalue weighted by molar-refractivity contribution is 1.08. The van der Waals surface area contributed by atoms with Crippen LogP contribution in [-0.2, 0) is 0 Å². The molecule has 0 atom stereocenters. The molecule has 0 fully saturated rings.